The lowest BCUT2D eigenvalue weighted by Gasteiger charge is -2.54. The lowest BCUT2D eigenvalue weighted by Crippen LogP contribution is -2.46. The van der Waals surface area contributed by atoms with E-state index in [0.29, 0.717) is 52.9 Å². The normalized spacial score (nSPS) is 32.5. The summed E-state index contributed by atoms with van der Waals surface area (Å²) in [5.41, 5.74) is 0. The van der Waals surface area contributed by atoms with E-state index < -0.39 is 22.5 Å². The van der Waals surface area contributed by atoms with Crippen molar-refractivity contribution < 1.29 is 18.9 Å². The highest BCUT2D eigenvalue weighted by atomic mass is 31.3. The van der Waals surface area contributed by atoms with Crippen LogP contribution in [-0.2, 0) is 18.9 Å². The fourth-order valence-electron chi connectivity index (χ4n) is 7.71. The van der Waals surface area contributed by atoms with Crippen molar-refractivity contribution in [2.75, 3.05) is 131 Å². The molecule has 8 aliphatic rings. The minimum atomic E-state index is -2.75. The van der Waals surface area contributed by atoms with E-state index in [-0.39, 0.29) is 0 Å². The number of hydrogen-bond donors (Lipinski definition) is 0. The smallest absolute Gasteiger partial charge is 0.221 e. The molecule has 0 unspecified atom stereocenters. The molecule has 13 nitrogen and oxygen atoms in total. The summed E-state index contributed by atoms with van der Waals surface area (Å²) in [6, 6.07) is 0. The zero-order valence-corrected chi connectivity index (χ0v) is 30.9. The maximum atomic E-state index is 6.41. The molecule has 0 amide bonds. The van der Waals surface area contributed by atoms with Crippen molar-refractivity contribution >= 4 is 22.5 Å². The fraction of sp³-hybridized carbons (Fsp3) is 0.688. The predicted octanol–water partition coefficient (Wildman–Crippen LogP) is 4.38. The van der Waals surface area contributed by atoms with Gasteiger partial charge in [0, 0.05) is 78.5 Å². The van der Waals surface area contributed by atoms with E-state index in [0.717, 1.165) is 91.4 Å². The SMILES string of the molecule is [CH]1[CH][CH][C](CN2CCCCN(C[C]3[CH][CH][CH][CH]3)P23=NP(N2CCOCC2)(N2CCOCC2)=NP(N2CCOCC2)(N2CCOCC2)=N3)[CH]1. The van der Waals surface area contributed by atoms with Crippen LogP contribution in [0, 0.1) is 63.2 Å². The summed E-state index contributed by atoms with van der Waals surface area (Å²) in [5, 5.41) is 0. The first-order valence-electron chi connectivity index (χ1n) is 17.9. The fourth-order valence-corrected chi connectivity index (χ4v) is 23.8. The summed E-state index contributed by atoms with van der Waals surface area (Å²) >= 11 is 0. The van der Waals surface area contributed by atoms with E-state index in [2.05, 4.69) is 79.4 Å². The van der Waals surface area contributed by atoms with Crippen molar-refractivity contribution in [2.45, 2.75) is 12.8 Å². The van der Waals surface area contributed by atoms with Gasteiger partial charge in [-0.05, 0) is 76.0 Å². The molecular formula is C32H52N9O4P3. The van der Waals surface area contributed by atoms with Crippen LogP contribution in [0.1, 0.15) is 12.8 Å². The van der Waals surface area contributed by atoms with Crippen LogP contribution in [0.2, 0.25) is 0 Å². The van der Waals surface area contributed by atoms with Gasteiger partial charge in [0.15, 0.2) is 0 Å². The van der Waals surface area contributed by atoms with Crippen LogP contribution < -0.4 is 0 Å². The molecular weight excluding hydrogens is 667 g/mol. The quantitative estimate of drug-likeness (QED) is 0.337. The second kappa shape index (κ2) is 16.1. The summed E-state index contributed by atoms with van der Waals surface area (Å²) in [5.74, 6) is 2.67. The summed E-state index contributed by atoms with van der Waals surface area (Å²) in [7, 11) is -8.13. The molecule has 0 bridgehead atoms. The summed E-state index contributed by atoms with van der Waals surface area (Å²) in [6.45, 7) is 15.9. The van der Waals surface area contributed by atoms with Crippen molar-refractivity contribution in [3.8, 4) is 0 Å². The van der Waals surface area contributed by atoms with Crippen molar-refractivity contribution in [1.29, 1.82) is 0 Å². The Bertz CT molecular complexity index is 1120. The van der Waals surface area contributed by atoms with Gasteiger partial charge in [0.25, 0.3) is 0 Å². The van der Waals surface area contributed by atoms with Crippen LogP contribution in [0.5, 0.6) is 0 Å². The van der Waals surface area contributed by atoms with E-state index in [9.17, 15) is 0 Å². The lowest BCUT2D eigenvalue weighted by molar-refractivity contribution is 0.0547. The first-order valence-corrected chi connectivity index (χ1v) is 22.7. The van der Waals surface area contributed by atoms with Gasteiger partial charge in [0.05, 0.1) is 52.9 Å². The maximum absolute atomic E-state index is 6.41. The Kier molecular flexibility index (Phi) is 11.9. The second-order valence-electron chi connectivity index (χ2n) is 13.2. The average Bonchev–Trinajstić information content (AvgIpc) is 3.86. The van der Waals surface area contributed by atoms with E-state index in [4.69, 9.17) is 32.5 Å². The lowest BCUT2D eigenvalue weighted by atomic mass is 10.1. The summed E-state index contributed by atoms with van der Waals surface area (Å²) in [4.78, 5) is 0. The molecule has 2 saturated carbocycles. The van der Waals surface area contributed by atoms with Crippen LogP contribution in [-0.4, -0.2) is 159 Å². The van der Waals surface area contributed by atoms with Gasteiger partial charge in [-0.1, -0.05) is 0 Å². The van der Waals surface area contributed by atoms with E-state index in [1.165, 1.54) is 11.8 Å². The molecule has 7 fully saturated rings. The highest BCUT2D eigenvalue weighted by molar-refractivity contribution is 7.83. The van der Waals surface area contributed by atoms with Crippen LogP contribution in [0.3, 0.4) is 0 Å². The molecule has 16 heteroatoms. The Morgan fingerprint density at radius 1 is 0.417 bits per heavy atom. The largest absolute Gasteiger partial charge is 0.379 e. The van der Waals surface area contributed by atoms with Gasteiger partial charge in [-0.25, -0.2) is 28.0 Å². The maximum Gasteiger partial charge on any atom is 0.221 e. The van der Waals surface area contributed by atoms with Crippen LogP contribution >= 0.6 is 22.5 Å². The summed E-state index contributed by atoms with van der Waals surface area (Å²) < 4.78 is 59.3. The van der Waals surface area contributed by atoms with Crippen LogP contribution in [0.25, 0.3) is 0 Å². The van der Waals surface area contributed by atoms with E-state index in [1.54, 1.807) is 0 Å². The standard InChI is InChI=1S/C32H52N9O4P3/c1-2-8-31(7-1)29-40-11-5-6-12-41(30-32-9-3-4-10-32)48(40)34-46(36-13-21-42-22-14-36,37-15-23-43-24-16-37)33-47(35-48,38-17-25-44-26-18-38)39-19-27-45-28-20-39/h1-4,7-10H,5-6,11-30H2. The van der Waals surface area contributed by atoms with Gasteiger partial charge in [-0.2, -0.15) is 13.5 Å². The van der Waals surface area contributed by atoms with Crippen LogP contribution in [0.15, 0.2) is 13.5 Å². The van der Waals surface area contributed by atoms with Gasteiger partial charge in [-0.3, -0.25) is 0 Å². The molecule has 8 rings (SSSR count). The highest BCUT2D eigenvalue weighted by Gasteiger charge is 2.53. The Morgan fingerprint density at radius 3 is 1.04 bits per heavy atom. The third-order valence-corrected chi connectivity index (χ3v) is 22.8. The van der Waals surface area contributed by atoms with Crippen molar-refractivity contribution in [3.63, 3.8) is 0 Å². The monoisotopic (exact) mass is 719 g/mol. The molecule has 2 aliphatic carbocycles. The minimum Gasteiger partial charge on any atom is -0.379 e. The summed E-state index contributed by atoms with van der Waals surface area (Å²) in [6.07, 6.45) is 20.0. The number of morpholine rings is 4. The van der Waals surface area contributed by atoms with Crippen molar-refractivity contribution in [3.05, 3.63) is 63.2 Å². The number of ether oxygens (including phenoxy) is 4. The molecule has 6 aliphatic heterocycles. The molecule has 1 spiro atoms. The molecule has 0 atom stereocenters. The Balaban J connectivity index is 1.41. The predicted molar refractivity (Wildman–Crippen MR) is 191 cm³/mol. The third kappa shape index (κ3) is 7.14. The van der Waals surface area contributed by atoms with Crippen LogP contribution in [0.4, 0.5) is 0 Å². The molecule has 0 aromatic rings. The number of nitrogens with zero attached hydrogens (tertiary/aromatic N) is 9. The Morgan fingerprint density at radius 2 is 0.708 bits per heavy atom. The van der Waals surface area contributed by atoms with Gasteiger partial charge in [0.1, 0.15) is 0 Å². The minimum absolute atomic E-state index is 0.703. The molecule has 0 aromatic heterocycles. The number of rotatable bonds is 8. The molecule has 10 radical (unpaired) electrons. The average molecular weight is 720 g/mol. The zero-order valence-electron chi connectivity index (χ0n) is 28.2. The van der Waals surface area contributed by atoms with Gasteiger partial charge < -0.3 is 18.9 Å². The highest BCUT2D eigenvalue weighted by Crippen LogP contribution is 2.84. The Hall–Kier alpha value is 0.290. The van der Waals surface area contributed by atoms with E-state index in [1.807, 2.05) is 0 Å². The first-order chi connectivity index (χ1) is 23.7. The Labute approximate surface area is 289 Å². The zero-order chi connectivity index (χ0) is 32.3. The molecule has 6 heterocycles. The van der Waals surface area contributed by atoms with Gasteiger partial charge in [-0.15, -0.1) is 0 Å². The number of hydrogen-bond acceptors (Lipinski definition) is 13. The molecule has 264 valence electrons. The third-order valence-electron chi connectivity index (χ3n) is 10.2. The molecule has 5 saturated heterocycles. The second-order valence-corrected chi connectivity index (χ2v) is 22.0. The van der Waals surface area contributed by atoms with Crippen molar-refractivity contribution in [1.82, 2.24) is 28.0 Å². The molecule has 0 aromatic carbocycles. The molecule has 48 heavy (non-hydrogen) atoms. The van der Waals surface area contributed by atoms with Crippen molar-refractivity contribution in [2.24, 2.45) is 13.5 Å². The first kappa shape index (κ1) is 35.3. The topological polar surface area (TPSA) is 93.4 Å². The van der Waals surface area contributed by atoms with E-state index >= 15 is 0 Å². The molecule has 0 N–H and O–H groups in total. The van der Waals surface area contributed by atoms with Gasteiger partial charge in [0.2, 0.25) is 22.5 Å². The van der Waals surface area contributed by atoms with Gasteiger partial charge >= 0.3 is 0 Å².